The summed E-state index contributed by atoms with van der Waals surface area (Å²) >= 11 is 0. The van der Waals surface area contributed by atoms with Crippen LogP contribution in [0.15, 0.2) is 29.8 Å². The molecule has 1 rings (SSSR count). The van der Waals surface area contributed by atoms with E-state index in [1.165, 1.54) is 16.7 Å². The summed E-state index contributed by atoms with van der Waals surface area (Å²) in [5.41, 5.74) is 3.94. The van der Waals surface area contributed by atoms with Gasteiger partial charge in [-0.2, -0.15) is 0 Å². The van der Waals surface area contributed by atoms with E-state index in [-0.39, 0.29) is 18.6 Å². The van der Waals surface area contributed by atoms with E-state index in [2.05, 4.69) is 51.1 Å². The van der Waals surface area contributed by atoms with Crippen molar-refractivity contribution in [3.63, 3.8) is 0 Å². The van der Waals surface area contributed by atoms with Crippen molar-refractivity contribution in [2.45, 2.75) is 20.8 Å². The first-order valence-electron chi connectivity index (χ1n) is 3.90. The van der Waals surface area contributed by atoms with Crippen LogP contribution in [0.2, 0.25) is 0 Å². The normalized spacial score (nSPS) is 7.92. The monoisotopic (exact) mass is 199 g/mol. The molecule has 2 heteroatoms. The van der Waals surface area contributed by atoms with Gasteiger partial charge in [-0.05, 0) is 26.3 Å². The number of allylic oxidation sites excluding steroid dienone is 1. The molecule has 0 aliphatic carbocycles. The van der Waals surface area contributed by atoms with Crippen LogP contribution in [-0.4, -0.2) is 0 Å². The first kappa shape index (κ1) is 14.7. The number of benzene rings is 1. The first-order valence-corrected chi connectivity index (χ1v) is 3.90. The van der Waals surface area contributed by atoms with E-state index in [0.29, 0.717) is 0 Å². The van der Waals surface area contributed by atoms with Crippen molar-refractivity contribution in [1.82, 2.24) is 6.15 Å². The number of rotatable bonds is 1. The van der Waals surface area contributed by atoms with Crippen LogP contribution >= 0.6 is 12.4 Å². The van der Waals surface area contributed by atoms with E-state index in [4.69, 9.17) is 0 Å². The molecule has 1 aromatic rings. The van der Waals surface area contributed by atoms with Gasteiger partial charge in [-0.3, -0.25) is 0 Å². The highest BCUT2D eigenvalue weighted by Gasteiger charge is 1.86. The van der Waals surface area contributed by atoms with E-state index >= 15 is 0 Å². The van der Waals surface area contributed by atoms with Crippen molar-refractivity contribution in [1.29, 1.82) is 0 Å². The summed E-state index contributed by atoms with van der Waals surface area (Å²) in [6.07, 6.45) is 2.18. The quantitative estimate of drug-likeness (QED) is 0.729. The minimum atomic E-state index is 0. The van der Waals surface area contributed by atoms with E-state index in [9.17, 15) is 0 Å². The van der Waals surface area contributed by atoms with Gasteiger partial charge in [0.1, 0.15) is 0 Å². The van der Waals surface area contributed by atoms with Crippen molar-refractivity contribution in [2.24, 2.45) is 0 Å². The van der Waals surface area contributed by atoms with Gasteiger partial charge in [0.25, 0.3) is 0 Å². The molecule has 1 aromatic carbocycles. The Morgan fingerprint density at radius 2 is 1.54 bits per heavy atom. The molecule has 0 radical (unpaired) electrons. The van der Waals surface area contributed by atoms with Crippen molar-refractivity contribution >= 4 is 18.5 Å². The second-order valence-corrected chi connectivity index (χ2v) is 3.13. The molecule has 0 spiro atoms. The van der Waals surface area contributed by atoms with Gasteiger partial charge in [0.15, 0.2) is 0 Å². The molecule has 0 fully saturated rings. The van der Waals surface area contributed by atoms with Crippen molar-refractivity contribution in [2.75, 3.05) is 0 Å². The fourth-order valence-electron chi connectivity index (χ4n) is 0.996. The third-order valence-corrected chi connectivity index (χ3v) is 1.53. The molecular weight excluding hydrogens is 182 g/mol. The van der Waals surface area contributed by atoms with Gasteiger partial charge in [0.05, 0.1) is 0 Å². The Labute approximate surface area is 86.9 Å². The highest BCUT2D eigenvalue weighted by molar-refractivity contribution is 5.85. The van der Waals surface area contributed by atoms with Gasteiger partial charge >= 0.3 is 0 Å². The zero-order valence-electron chi connectivity index (χ0n) is 8.50. The molecule has 0 aliphatic rings. The lowest BCUT2D eigenvalue weighted by molar-refractivity contribution is 1.41. The molecule has 13 heavy (non-hydrogen) atoms. The van der Waals surface area contributed by atoms with Crippen LogP contribution < -0.4 is 6.15 Å². The number of hydrogen-bond donors (Lipinski definition) is 1. The molecule has 0 unspecified atom stereocenters. The predicted octanol–water partition coefficient (Wildman–Crippen LogP) is 4.00. The van der Waals surface area contributed by atoms with Crippen LogP contribution in [0.1, 0.15) is 25.0 Å². The summed E-state index contributed by atoms with van der Waals surface area (Å²) in [6.45, 7) is 6.33. The lowest BCUT2D eigenvalue weighted by Gasteiger charge is -1.95. The highest BCUT2D eigenvalue weighted by atomic mass is 35.5. The summed E-state index contributed by atoms with van der Waals surface area (Å²) in [5, 5.41) is 0. The molecule has 0 saturated heterocycles. The standard InChI is InChI=1S/C11H14.ClH.H3N/c1-9(2)8-11-6-4-10(3)5-7-11;;/h4-8H,1-3H3;1H;1H3. The third kappa shape index (κ3) is 5.45. The number of aryl methyl sites for hydroxylation is 1. The average molecular weight is 200 g/mol. The van der Waals surface area contributed by atoms with Gasteiger partial charge in [-0.25, -0.2) is 0 Å². The van der Waals surface area contributed by atoms with Crippen molar-refractivity contribution in [3.05, 3.63) is 41.0 Å². The summed E-state index contributed by atoms with van der Waals surface area (Å²) < 4.78 is 0. The second-order valence-electron chi connectivity index (χ2n) is 3.13. The second kappa shape index (κ2) is 6.70. The van der Waals surface area contributed by atoms with E-state index in [1.807, 2.05) is 0 Å². The molecule has 0 atom stereocenters. The van der Waals surface area contributed by atoms with Crippen LogP contribution in [0.4, 0.5) is 0 Å². The van der Waals surface area contributed by atoms with E-state index in [1.54, 1.807) is 0 Å². The van der Waals surface area contributed by atoms with Crippen LogP contribution in [0.3, 0.4) is 0 Å². The Morgan fingerprint density at radius 1 is 1.08 bits per heavy atom. The molecule has 1 nitrogen and oxygen atoms in total. The smallest absolute Gasteiger partial charge is 0.0257 e. The number of hydrogen-bond acceptors (Lipinski definition) is 1. The maximum Gasteiger partial charge on any atom is -0.0257 e. The van der Waals surface area contributed by atoms with Crippen LogP contribution in [0, 0.1) is 6.92 Å². The lowest BCUT2D eigenvalue weighted by Crippen LogP contribution is -1.74. The zero-order valence-corrected chi connectivity index (χ0v) is 9.32. The molecule has 0 aliphatic heterocycles. The fraction of sp³-hybridized carbons (Fsp3) is 0.273. The average Bonchev–Trinajstić information content (AvgIpc) is 1.93. The Kier molecular flexibility index (Phi) is 7.58. The summed E-state index contributed by atoms with van der Waals surface area (Å²) in [7, 11) is 0. The van der Waals surface area contributed by atoms with Crippen molar-refractivity contribution < 1.29 is 0 Å². The molecule has 3 N–H and O–H groups in total. The Balaban J connectivity index is 0. The van der Waals surface area contributed by atoms with Gasteiger partial charge in [-0.15, -0.1) is 12.4 Å². The van der Waals surface area contributed by atoms with Gasteiger partial charge in [-0.1, -0.05) is 41.5 Å². The Morgan fingerprint density at radius 3 is 1.92 bits per heavy atom. The van der Waals surface area contributed by atoms with Gasteiger partial charge < -0.3 is 6.15 Å². The molecule has 0 heterocycles. The highest BCUT2D eigenvalue weighted by Crippen LogP contribution is 2.07. The van der Waals surface area contributed by atoms with E-state index in [0.717, 1.165) is 0 Å². The van der Waals surface area contributed by atoms with Crippen LogP contribution in [0.25, 0.3) is 6.08 Å². The molecule has 0 aromatic heterocycles. The predicted molar refractivity (Wildman–Crippen MR) is 62.8 cm³/mol. The molecule has 0 bridgehead atoms. The minimum Gasteiger partial charge on any atom is -0.344 e. The summed E-state index contributed by atoms with van der Waals surface area (Å²) in [6, 6.07) is 8.55. The van der Waals surface area contributed by atoms with Gasteiger partial charge in [0.2, 0.25) is 0 Å². The van der Waals surface area contributed by atoms with Crippen molar-refractivity contribution in [3.8, 4) is 0 Å². The maximum atomic E-state index is 2.18. The largest absolute Gasteiger partial charge is 0.344 e. The number of halogens is 1. The SMILES string of the molecule is CC(C)=Cc1ccc(C)cc1.Cl.N. The van der Waals surface area contributed by atoms with Crippen LogP contribution in [0.5, 0.6) is 0 Å². The Bertz CT molecular complexity index is 258. The van der Waals surface area contributed by atoms with Crippen LogP contribution in [-0.2, 0) is 0 Å². The molecule has 0 amide bonds. The molecule has 0 saturated carbocycles. The maximum absolute atomic E-state index is 2.18. The zero-order chi connectivity index (χ0) is 8.27. The molecular formula is C11H18ClN. The van der Waals surface area contributed by atoms with E-state index < -0.39 is 0 Å². The first-order chi connectivity index (χ1) is 5.18. The minimum absolute atomic E-state index is 0. The summed E-state index contributed by atoms with van der Waals surface area (Å²) in [5.74, 6) is 0. The topological polar surface area (TPSA) is 35.0 Å². The Hall–Kier alpha value is -0.790. The summed E-state index contributed by atoms with van der Waals surface area (Å²) in [4.78, 5) is 0. The lowest BCUT2D eigenvalue weighted by atomic mass is 10.1. The third-order valence-electron chi connectivity index (χ3n) is 1.53. The molecule has 74 valence electrons. The fourth-order valence-corrected chi connectivity index (χ4v) is 0.996. The van der Waals surface area contributed by atoms with Gasteiger partial charge in [0, 0.05) is 0 Å².